The number of fused-ring (bicyclic) bond motifs is 2. The summed E-state index contributed by atoms with van der Waals surface area (Å²) in [6, 6.07) is 14.8. The van der Waals surface area contributed by atoms with Crippen LogP contribution in [-0.2, 0) is 6.42 Å². The highest BCUT2D eigenvalue weighted by Gasteiger charge is 2.34. The van der Waals surface area contributed by atoms with Crippen molar-refractivity contribution in [3.8, 4) is 17.0 Å². The molecule has 170 valence electrons. The van der Waals surface area contributed by atoms with Gasteiger partial charge in [0, 0.05) is 35.6 Å². The number of aromatic nitrogens is 2. The minimum absolute atomic E-state index is 0.0555. The van der Waals surface area contributed by atoms with Crippen molar-refractivity contribution in [2.75, 3.05) is 24.3 Å². The lowest BCUT2D eigenvalue weighted by atomic mass is 9.90. The number of H-pyrrole nitrogens is 1. The maximum Gasteiger partial charge on any atom is 0.255 e. The number of ether oxygens (including phenoxy) is 1. The van der Waals surface area contributed by atoms with E-state index in [1.54, 1.807) is 24.5 Å². The van der Waals surface area contributed by atoms with Crippen LogP contribution in [0.3, 0.4) is 0 Å². The quantitative estimate of drug-likeness (QED) is 0.345. The van der Waals surface area contributed by atoms with Gasteiger partial charge in [0.25, 0.3) is 5.91 Å². The van der Waals surface area contributed by atoms with Crippen LogP contribution in [-0.4, -0.2) is 29.5 Å². The lowest BCUT2D eigenvalue weighted by Gasteiger charge is -2.24. The van der Waals surface area contributed by atoms with E-state index >= 15 is 0 Å². The van der Waals surface area contributed by atoms with Crippen molar-refractivity contribution in [2.45, 2.75) is 12.3 Å². The third-order valence-electron chi connectivity index (χ3n) is 6.41. The van der Waals surface area contributed by atoms with Gasteiger partial charge in [0.2, 0.25) is 0 Å². The number of carbonyl (C=O) groups excluding carboxylic acids is 1. The molecule has 0 saturated heterocycles. The van der Waals surface area contributed by atoms with Crippen molar-refractivity contribution in [2.24, 2.45) is 0 Å². The second-order valence-electron chi connectivity index (χ2n) is 8.46. The first kappa shape index (κ1) is 20.3. The molecule has 1 amide bonds. The highest BCUT2D eigenvalue weighted by Crippen LogP contribution is 2.44. The molecule has 1 atom stereocenters. The fourth-order valence-electron chi connectivity index (χ4n) is 4.79. The van der Waals surface area contributed by atoms with E-state index in [0.29, 0.717) is 23.5 Å². The van der Waals surface area contributed by atoms with Gasteiger partial charge in [-0.1, -0.05) is 18.2 Å². The highest BCUT2D eigenvalue weighted by atomic mass is 19.1. The minimum Gasteiger partial charge on any atom is -0.492 e. The van der Waals surface area contributed by atoms with Gasteiger partial charge < -0.3 is 25.7 Å². The Hall–Kier alpha value is -4.33. The summed E-state index contributed by atoms with van der Waals surface area (Å²) in [5.74, 6) is -0.529. The molecule has 3 aliphatic heterocycles. The van der Waals surface area contributed by atoms with Crippen molar-refractivity contribution in [1.29, 1.82) is 0 Å². The number of amides is 1. The number of hydrogen-bond acceptors (Lipinski definition) is 5. The number of methoxy groups -OCH3 is 1. The third-order valence-corrected chi connectivity index (χ3v) is 6.41. The zero-order valence-electron chi connectivity index (χ0n) is 18.4. The van der Waals surface area contributed by atoms with Crippen LogP contribution >= 0.6 is 0 Å². The largest absolute Gasteiger partial charge is 0.492 e. The monoisotopic (exact) mass is 455 g/mol. The number of rotatable bonds is 3. The Morgan fingerprint density at radius 3 is 2.82 bits per heavy atom. The third kappa shape index (κ3) is 3.26. The van der Waals surface area contributed by atoms with Gasteiger partial charge in [-0.15, -0.1) is 0 Å². The molecule has 34 heavy (non-hydrogen) atoms. The maximum atomic E-state index is 14.5. The number of halogens is 1. The SMILES string of the molecule is COc1c(F)cccc1Nc1c2[nH]c3c1C(=O)NC[C@@H]3Cc1ccc(cc1)Nc1cnccc1-2. The van der Waals surface area contributed by atoms with E-state index < -0.39 is 5.82 Å². The van der Waals surface area contributed by atoms with Crippen molar-refractivity contribution >= 4 is 28.7 Å². The Balaban J connectivity index is 1.61. The zero-order valence-corrected chi connectivity index (χ0v) is 18.4. The average Bonchev–Trinajstić information content (AvgIpc) is 3.22. The predicted molar refractivity (Wildman–Crippen MR) is 129 cm³/mol. The molecule has 4 bridgehead atoms. The molecule has 4 aromatic rings. The molecule has 0 saturated carbocycles. The van der Waals surface area contributed by atoms with Gasteiger partial charge in [0.1, 0.15) is 0 Å². The summed E-state index contributed by atoms with van der Waals surface area (Å²) in [5, 5.41) is 9.77. The summed E-state index contributed by atoms with van der Waals surface area (Å²) in [6.07, 6.45) is 4.22. The van der Waals surface area contributed by atoms with Gasteiger partial charge in [-0.2, -0.15) is 0 Å². The van der Waals surface area contributed by atoms with Crippen molar-refractivity contribution in [3.05, 3.63) is 83.6 Å². The van der Waals surface area contributed by atoms with Gasteiger partial charge in [0.15, 0.2) is 11.6 Å². The van der Waals surface area contributed by atoms with Crippen molar-refractivity contribution in [1.82, 2.24) is 15.3 Å². The van der Waals surface area contributed by atoms with Crippen molar-refractivity contribution in [3.63, 3.8) is 0 Å². The highest BCUT2D eigenvalue weighted by molar-refractivity contribution is 6.07. The van der Waals surface area contributed by atoms with Crippen LogP contribution in [0.5, 0.6) is 5.75 Å². The molecular formula is C26H22FN5O2. The number of carbonyl (C=O) groups is 1. The number of benzene rings is 2. The Morgan fingerprint density at radius 2 is 2.00 bits per heavy atom. The van der Waals surface area contributed by atoms with Crippen LogP contribution in [0.2, 0.25) is 0 Å². The van der Waals surface area contributed by atoms with E-state index in [2.05, 4.69) is 38.1 Å². The molecule has 7 rings (SSSR count). The fraction of sp³-hybridized carbons (Fsp3) is 0.154. The smallest absolute Gasteiger partial charge is 0.255 e. The van der Waals surface area contributed by atoms with Crippen LogP contribution < -0.4 is 20.7 Å². The van der Waals surface area contributed by atoms with Gasteiger partial charge in [-0.05, 0) is 42.3 Å². The Labute approximate surface area is 195 Å². The first-order chi connectivity index (χ1) is 16.6. The summed E-state index contributed by atoms with van der Waals surface area (Å²) < 4.78 is 19.8. The van der Waals surface area contributed by atoms with Crippen LogP contribution in [0.1, 0.15) is 27.5 Å². The molecule has 5 heterocycles. The molecule has 4 N–H and O–H groups in total. The second kappa shape index (κ2) is 7.91. The molecule has 2 aromatic heterocycles. The molecule has 7 nitrogen and oxygen atoms in total. The van der Waals surface area contributed by atoms with Gasteiger partial charge >= 0.3 is 0 Å². The lowest BCUT2D eigenvalue weighted by molar-refractivity contribution is 0.0940. The molecule has 2 aromatic carbocycles. The number of aromatic amines is 1. The van der Waals surface area contributed by atoms with Crippen LogP contribution in [0.25, 0.3) is 11.3 Å². The first-order valence-electron chi connectivity index (χ1n) is 11.1. The molecule has 3 aliphatic rings. The molecule has 0 spiro atoms. The van der Waals surface area contributed by atoms with Crippen LogP contribution in [0.4, 0.5) is 27.1 Å². The number of pyridine rings is 1. The second-order valence-corrected chi connectivity index (χ2v) is 8.46. The standard InChI is InChI=1S/C26H22FN5O2/c1-34-25-18(27)3-2-4-19(25)31-24-21-22-15(12-29-26(21)33)11-14-5-7-16(8-6-14)30-20-13-28-10-9-17(20)23(24)32-22/h2-10,13,15,30-32H,11-12H2,1H3,(H,29,33)/t15-/m0/s1. The summed E-state index contributed by atoms with van der Waals surface area (Å²) in [7, 11) is 1.42. The van der Waals surface area contributed by atoms with E-state index in [9.17, 15) is 9.18 Å². The summed E-state index contributed by atoms with van der Waals surface area (Å²) in [4.78, 5) is 21.0. The first-order valence-corrected chi connectivity index (χ1v) is 11.1. The van der Waals surface area contributed by atoms with E-state index in [-0.39, 0.29) is 17.6 Å². The van der Waals surface area contributed by atoms with Gasteiger partial charge in [-0.25, -0.2) is 4.39 Å². The normalized spacial score (nSPS) is 15.9. The van der Waals surface area contributed by atoms with E-state index in [1.807, 2.05) is 18.2 Å². The topological polar surface area (TPSA) is 91.1 Å². The Bertz CT molecular complexity index is 1410. The summed E-state index contributed by atoms with van der Waals surface area (Å²) >= 11 is 0. The lowest BCUT2D eigenvalue weighted by Crippen LogP contribution is -2.35. The van der Waals surface area contributed by atoms with Gasteiger partial charge in [-0.3, -0.25) is 9.78 Å². The summed E-state index contributed by atoms with van der Waals surface area (Å²) in [6.45, 7) is 0.526. The van der Waals surface area contributed by atoms with E-state index in [0.717, 1.165) is 34.7 Å². The Kier molecular flexibility index (Phi) is 4.72. The molecule has 0 unspecified atom stereocenters. The fourth-order valence-corrected chi connectivity index (χ4v) is 4.79. The molecule has 0 radical (unpaired) electrons. The van der Waals surface area contributed by atoms with Crippen molar-refractivity contribution < 1.29 is 13.9 Å². The van der Waals surface area contributed by atoms with E-state index in [4.69, 9.17) is 4.74 Å². The van der Waals surface area contributed by atoms with Crippen LogP contribution in [0, 0.1) is 5.82 Å². The molecular weight excluding hydrogens is 433 g/mol. The maximum absolute atomic E-state index is 14.5. The molecule has 0 fully saturated rings. The van der Waals surface area contributed by atoms with Crippen LogP contribution in [0.15, 0.2) is 60.9 Å². The average molecular weight is 455 g/mol. The van der Waals surface area contributed by atoms with E-state index in [1.165, 1.54) is 18.7 Å². The number of hydrogen-bond donors (Lipinski definition) is 4. The number of para-hydroxylation sites is 1. The molecule has 0 aliphatic carbocycles. The zero-order chi connectivity index (χ0) is 23.2. The number of nitrogens with zero attached hydrogens (tertiary/aromatic N) is 1. The minimum atomic E-state index is -0.487. The number of nitrogens with one attached hydrogen (secondary N) is 4. The van der Waals surface area contributed by atoms with Gasteiger partial charge in [0.05, 0.1) is 41.6 Å². The Morgan fingerprint density at radius 1 is 1.15 bits per heavy atom. The summed E-state index contributed by atoms with van der Waals surface area (Å²) in [5.41, 5.74) is 6.81. The predicted octanol–water partition coefficient (Wildman–Crippen LogP) is 5.09. The number of anilines is 4. The molecule has 8 heteroatoms.